The molecular formula is C21H21N3O. The van der Waals surface area contributed by atoms with Crippen LogP contribution in [0, 0.1) is 20.8 Å². The number of amides is 1. The summed E-state index contributed by atoms with van der Waals surface area (Å²) >= 11 is 0. The van der Waals surface area contributed by atoms with Crippen molar-refractivity contribution in [3.05, 3.63) is 83.0 Å². The van der Waals surface area contributed by atoms with Crippen molar-refractivity contribution in [2.45, 2.75) is 20.8 Å². The first-order valence-corrected chi connectivity index (χ1v) is 8.21. The van der Waals surface area contributed by atoms with Gasteiger partial charge in [0.25, 0.3) is 5.91 Å². The summed E-state index contributed by atoms with van der Waals surface area (Å²) in [6, 6.07) is 17.3. The van der Waals surface area contributed by atoms with Crippen molar-refractivity contribution in [2.24, 2.45) is 0 Å². The maximum absolute atomic E-state index is 12.8. The molecule has 25 heavy (non-hydrogen) atoms. The van der Waals surface area contributed by atoms with Gasteiger partial charge < -0.3 is 10.6 Å². The summed E-state index contributed by atoms with van der Waals surface area (Å²) in [6.45, 7) is 6.03. The molecule has 0 unspecified atom stereocenters. The Morgan fingerprint density at radius 3 is 2.24 bits per heavy atom. The number of hydrogen-bond donors (Lipinski definition) is 2. The Bertz CT molecular complexity index is 898. The van der Waals surface area contributed by atoms with E-state index in [-0.39, 0.29) is 5.91 Å². The Morgan fingerprint density at radius 1 is 0.840 bits per heavy atom. The fourth-order valence-electron chi connectivity index (χ4n) is 2.72. The van der Waals surface area contributed by atoms with Crippen molar-refractivity contribution >= 4 is 23.1 Å². The lowest BCUT2D eigenvalue weighted by atomic mass is 10.1. The molecule has 126 valence electrons. The van der Waals surface area contributed by atoms with Crippen LogP contribution in [-0.2, 0) is 0 Å². The van der Waals surface area contributed by atoms with Crippen molar-refractivity contribution < 1.29 is 4.79 Å². The molecule has 0 aliphatic rings. The van der Waals surface area contributed by atoms with Crippen LogP contribution in [0.2, 0.25) is 0 Å². The lowest BCUT2D eigenvalue weighted by Crippen LogP contribution is -2.15. The molecule has 4 heteroatoms. The third kappa shape index (κ3) is 3.69. The first-order valence-electron chi connectivity index (χ1n) is 8.21. The smallest absolute Gasteiger partial charge is 0.259 e. The average Bonchev–Trinajstić information content (AvgIpc) is 2.60. The summed E-state index contributed by atoms with van der Waals surface area (Å²) in [4.78, 5) is 17.1. The Balaban J connectivity index is 1.91. The van der Waals surface area contributed by atoms with Gasteiger partial charge in [0, 0.05) is 17.6 Å². The first-order chi connectivity index (χ1) is 12.1. The van der Waals surface area contributed by atoms with E-state index in [0.29, 0.717) is 11.4 Å². The zero-order valence-electron chi connectivity index (χ0n) is 14.6. The summed E-state index contributed by atoms with van der Waals surface area (Å²) in [5.41, 5.74) is 5.52. The topological polar surface area (TPSA) is 54.0 Å². The molecule has 2 aromatic carbocycles. The number of para-hydroxylation sites is 2. The van der Waals surface area contributed by atoms with Crippen molar-refractivity contribution in [1.82, 2.24) is 4.98 Å². The number of anilines is 3. The molecule has 0 bridgehead atoms. The molecule has 2 N–H and O–H groups in total. The predicted molar refractivity (Wildman–Crippen MR) is 103 cm³/mol. The first kappa shape index (κ1) is 16.7. The molecule has 0 saturated carbocycles. The molecule has 0 aliphatic heterocycles. The van der Waals surface area contributed by atoms with E-state index in [2.05, 4.69) is 15.6 Å². The molecule has 1 amide bonds. The van der Waals surface area contributed by atoms with Crippen LogP contribution in [0.25, 0.3) is 0 Å². The van der Waals surface area contributed by atoms with E-state index in [1.807, 2.05) is 63.2 Å². The zero-order chi connectivity index (χ0) is 17.8. The number of nitrogens with one attached hydrogen (secondary N) is 2. The van der Waals surface area contributed by atoms with Crippen LogP contribution in [0.5, 0.6) is 0 Å². The third-order valence-corrected chi connectivity index (χ3v) is 4.17. The number of rotatable bonds is 4. The van der Waals surface area contributed by atoms with Gasteiger partial charge >= 0.3 is 0 Å². The SMILES string of the molecule is Cc1ccccc1NC(=O)c1cccnc1Nc1c(C)cccc1C. The number of carbonyl (C=O) groups is 1. The van der Waals surface area contributed by atoms with Crippen LogP contribution in [0.4, 0.5) is 17.2 Å². The third-order valence-electron chi connectivity index (χ3n) is 4.17. The Labute approximate surface area is 147 Å². The van der Waals surface area contributed by atoms with Crippen molar-refractivity contribution in [3.8, 4) is 0 Å². The van der Waals surface area contributed by atoms with Crippen LogP contribution in [-0.4, -0.2) is 10.9 Å². The molecule has 0 atom stereocenters. The molecule has 1 heterocycles. The summed E-state index contributed by atoms with van der Waals surface area (Å²) in [7, 11) is 0. The Kier molecular flexibility index (Phi) is 4.80. The summed E-state index contributed by atoms with van der Waals surface area (Å²) < 4.78 is 0. The van der Waals surface area contributed by atoms with Gasteiger partial charge in [0.15, 0.2) is 0 Å². The molecule has 1 aromatic heterocycles. The molecule has 0 aliphatic carbocycles. The van der Waals surface area contributed by atoms with Gasteiger partial charge in [-0.25, -0.2) is 4.98 Å². The lowest BCUT2D eigenvalue weighted by Gasteiger charge is -2.15. The van der Waals surface area contributed by atoms with Crippen molar-refractivity contribution in [1.29, 1.82) is 0 Å². The van der Waals surface area contributed by atoms with Gasteiger partial charge in [-0.3, -0.25) is 4.79 Å². The number of nitrogens with zero attached hydrogens (tertiary/aromatic N) is 1. The molecule has 4 nitrogen and oxygen atoms in total. The summed E-state index contributed by atoms with van der Waals surface area (Å²) in [5.74, 6) is 0.363. The van der Waals surface area contributed by atoms with E-state index in [0.717, 1.165) is 28.1 Å². The van der Waals surface area contributed by atoms with Gasteiger partial charge in [-0.05, 0) is 55.7 Å². The molecule has 3 aromatic rings. The van der Waals surface area contributed by atoms with Crippen LogP contribution in [0.15, 0.2) is 60.8 Å². The number of hydrogen-bond acceptors (Lipinski definition) is 3. The molecule has 0 spiro atoms. The maximum Gasteiger partial charge on any atom is 0.259 e. The molecular weight excluding hydrogens is 310 g/mol. The minimum absolute atomic E-state index is 0.184. The number of aryl methyl sites for hydroxylation is 3. The van der Waals surface area contributed by atoms with E-state index >= 15 is 0 Å². The summed E-state index contributed by atoms with van der Waals surface area (Å²) in [5, 5.41) is 6.28. The number of pyridine rings is 1. The monoisotopic (exact) mass is 331 g/mol. The zero-order valence-corrected chi connectivity index (χ0v) is 14.6. The van der Waals surface area contributed by atoms with E-state index < -0.39 is 0 Å². The van der Waals surface area contributed by atoms with E-state index in [1.54, 1.807) is 18.3 Å². The Hall–Kier alpha value is -3.14. The standard InChI is InChI=1S/C21H21N3O/c1-14-8-4-5-12-18(14)23-21(25)17-11-7-13-22-20(17)24-19-15(2)9-6-10-16(19)3/h4-13H,1-3H3,(H,22,24)(H,23,25). The van der Waals surface area contributed by atoms with E-state index in [1.165, 1.54) is 0 Å². The Morgan fingerprint density at radius 2 is 1.52 bits per heavy atom. The number of carbonyl (C=O) groups excluding carboxylic acids is 1. The van der Waals surface area contributed by atoms with Crippen LogP contribution in [0.1, 0.15) is 27.0 Å². The quantitative estimate of drug-likeness (QED) is 0.707. The highest BCUT2D eigenvalue weighted by molar-refractivity contribution is 6.08. The second kappa shape index (κ2) is 7.18. The average molecular weight is 331 g/mol. The normalized spacial score (nSPS) is 10.4. The van der Waals surface area contributed by atoms with Gasteiger partial charge in [-0.15, -0.1) is 0 Å². The van der Waals surface area contributed by atoms with Crippen molar-refractivity contribution in [3.63, 3.8) is 0 Å². The van der Waals surface area contributed by atoms with Gasteiger partial charge in [0.05, 0.1) is 5.56 Å². The minimum atomic E-state index is -0.184. The van der Waals surface area contributed by atoms with Crippen LogP contribution < -0.4 is 10.6 Å². The lowest BCUT2D eigenvalue weighted by molar-refractivity contribution is 0.102. The second-order valence-electron chi connectivity index (χ2n) is 6.06. The van der Waals surface area contributed by atoms with Gasteiger partial charge in [-0.2, -0.15) is 0 Å². The van der Waals surface area contributed by atoms with Gasteiger partial charge in [0.1, 0.15) is 5.82 Å². The highest BCUT2D eigenvalue weighted by atomic mass is 16.1. The fraction of sp³-hybridized carbons (Fsp3) is 0.143. The fourth-order valence-corrected chi connectivity index (χ4v) is 2.72. The number of aromatic nitrogens is 1. The molecule has 0 fully saturated rings. The van der Waals surface area contributed by atoms with Crippen LogP contribution in [0.3, 0.4) is 0 Å². The van der Waals surface area contributed by atoms with E-state index in [9.17, 15) is 4.79 Å². The van der Waals surface area contributed by atoms with Crippen molar-refractivity contribution in [2.75, 3.05) is 10.6 Å². The van der Waals surface area contributed by atoms with Crippen LogP contribution >= 0.6 is 0 Å². The van der Waals surface area contributed by atoms with Gasteiger partial charge in [0.2, 0.25) is 0 Å². The number of benzene rings is 2. The molecule has 0 radical (unpaired) electrons. The highest BCUT2D eigenvalue weighted by Gasteiger charge is 2.14. The predicted octanol–water partition coefficient (Wildman–Crippen LogP) is 5.00. The van der Waals surface area contributed by atoms with Gasteiger partial charge in [-0.1, -0.05) is 36.4 Å². The largest absolute Gasteiger partial charge is 0.339 e. The highest BCUT2D eigenvalue weighted by Crippen LogP contribution is 2.26. The second-order valence-corrected chi connectivity index (χ2v) is 6.06. The minimum Gasteiger partial charge on any atom is -0.339 e. The van der Waals surface area contributed by atoms with E-state index in [4.69, 9.17) is 0 Å². The maximum atomic E-state index is 12.8. The summed E-state index contributed by atoms with van der Waals surface area (Å²) in [6.07, 6.45) is 1.68. The molecule has 3 rings (SSSR count). The molecule has 0 saturated heterocycles.